The van der Waals surface area contributed by atoms with Gasteiger partial charge >= 0.3 is 5.97 Å². The number of rotatable bonds is 3. The fourth-order valence-corrected chi connectivity index (χ4v) is 2.78. The van der Waals surface area contributed by atoms with Gasteiger partial charge in [-0.3, -0.25) is 10.1 Å². The maximum absolute atomic E-state index is 12.0. The molecule has 126 valence electrons. The van der Waals surface area contributed by atoms with Gasteiger partial charge in [0.1, 0.15) is 5.02 Å². The molecule has 1 aliphatic rings. The molecule has 0 atom stereocenters. The van der Waals surface area contributed by atoms with Gasteiger partial charge in [-0.15, -0.1) is 0 Å². The molecule has 0 amide bonds. The van der Waals surface area contributed by atoms with E-state index in [0.29, 0.717) is 16.1 Å². The Morgan fingerprint density at radius 2 is 1.84 bits per heavy atom. The summed E-state index contributed by atoms with van der Waals surface area (Å²) in [7, 11) is 0. The van der Waals surface area contributed by atoms with Gasteiger partial charge in [-0.05, 0) is 35.9 Å². The van der Waals surface area contributed by atoms with E-state index in [9.17, 15) is 14.9 Å². The van der Waals surface area contributed by atoms with E-state index in [-0.39, 0.29) is 27.3 Å². The lowest BCUT2D eigenvalue weighted by Crippen LogP contribution is -2.05. The van der Waals surface area contributed by atoms with E-state index in [0.717, 1.165) is 0 Å². The highest BCUT2D eigenvalue weighted by molar-refractivity contribution is 6.37. The Balaban J connectivity index is 1.99. The molecule has 0 unspecified atom stereocenters. The fraction of sp³-hybridized carbons (Fsp3) is 0. The number of carbonyl (C=O) groups is 1. The third-order valence-electron chi connectivity index (χ3n) is 3.25. The number of nitrogens with zero attached hydrogens (tertiary/aromatic N) is 2. The van der Waals surface area contributed by atoms with Crippen LogP contribution in [-0.2, 0) is 9.53 Å². The maximum Gasteiger partial charge on any atom is 0.363 e. The minimum Gasteiger partial charge on any atom is -0.402 e. The van der Waals surface area contributed by atoms with E-state index in [1.54, 1.807) is 12.1 Å². The number of nitro groups is 1. The van der Waals surface area contributed by atoms with Crippen LogP contribution in [0.2, 0.25) is 15.1 Å². The number of aliphatic imine (C=N–C) groups is 1. The monoisotopic (exact) mass is 396 g/mol. The van der Waals surface area contributed by atoms with Crippen LogP contribution in [0, 0.1) is 10.1 Å². The van der Waals surface area contributed by atoms with Crippen molar-refractivity contribution in [2.24, 2.45) is 4.99 Å². The molecule has 6 nitrogen and oxygen atoms in total. The summed E-state index contributed by atoms with van der Waals surface area (Å²) < 4.78 is 5.11. The Morgan fingerprint density at radius 1 is 1.08 bits per heavy atom. The summed E-state index contributed by atoms with van der Waals surface area (Å²) in [6, 6.07) is 8.80. The second-order valence-corrected chi connectivity index (χ2v) is 6.18. The molecule has 0 N–H and O–H groups in total. The lowest BCUT2D eigenvalue weighted by Gasteiger charge is -2.02. The number of nitro benzene ring substituents is 1. The molecule has 2 aromatic carbocycles. The van der Waals surface area contributed by atoms with Gasteiger partial charge in [0, 0.05) is 11.1 Å². The second-order valence-electron chi connectivity index (χ2n) is 4.93. The summed E-state index contributed by atoms with van der Waals surface area (Å²) in [6.07, 6.45) is 1.36. The van der Waals surface area contributed by atoms with Crippen molar-refractivity contribution in [2.75, 3.05) is 0 Å². The van der Waals surface area contributed by atoms with E-state index < -0.39 is 10.9 Å². The van der Waals surface area contributed by atoms with Crippen molar-refractivity contribution in [3.63, 3.8) is 0 Å². The van der Waals surface area contributed by atoms with Crippen molar-refractivity contribution < 1.29 is 14.5 Å². The van der Waals surface area contributed by atoms with Crippen molar-refractivity contribution >= 4 is 58.4 Å². The molecule has 0 saturated heterocycles. The van der Waals surface area contributed by atoms with Crippen molar-refractivity contribution in [3.8, 4) is 0 Å². The van der Waals surface area contributed by atoms with Gasteiger partial charge in [0.2, 0.25) is 5.90 Å². The van der Waals surface area contributed by atoms with Gasteiger partial charge in [0.05, 0.1) is 15.5 Å². The van der Waals surface area contributed by atoms with Crippen LogP contribution in [0.3, 0.4) is 0 Å². The molecule has 25 heavy (non-hydrogen) atoms. The topological polar surface area (TPSA) is 81.8 Å². The molecule has 1 aliphatic heterocycles. The number of cyclic esters (lactones) is 1. The summed E-state index contributed by atoms with van der Waals surface area (Å²) in [5.41, 5.74) is 0.505. The molecule has 9 heteroatoms. The molecule has 2 aromatic rings. The molecule has 3 rings (SSSR count). The predicted octanol–water partition coefficient (Wildman–Crippen LogP) is 4.90. The van der Waals surface area contributed by atoms with Crippen LogP contribution in [0.5, 0.6) is 0 Å². The van der Waals surface area contributed by atoms with Crippen molar-refractivity contribution in [2.45, 2.75) is 0 Å². The number of benzene rings is 2. The van der Waals surface area contributed by atoms with Gasteiger partial charge in [-0.25, -0.2) is 9.79 Å². The summed E-state index contributed by atoms with van der Waals surface area (Å²) >= 11 is 17.7. The zero-order chi connectivity index (χ0) is 18.1. The van der Waals surface area contributed by atoms with E-state index in [1.807, 2.05) is 0 Å². The first-order chi connectivity index (χ1) is 11.8. The van der Waals surface area contributed by atoms with Crippen molar-refractivity contribution in [1.82, 2.24) is 0 Å². The molecule has 0 radical (unpaired) electrons. The van der Waals surface area contributed by atoms with E-state index in [4.69, 9.17) is 39.5 Å². The largest absolute Gasteiger partial charge is 0.402 e. The number of ether oxygens (including phenoxy) is 1. The zero-order valence-electron chi connectivity index (χ0n) is 12.2. The molecule has 0 bridgehead atoms. The van der Waals surface area contributed by atoms with Crippen molar-refractivity contribution in [3.05, 3.63) is 78.4 Å². The number of carbonyl (C=O) groups excluding carboxylic acids is 1. The van der Waals surface area contributed by atoms with Crippen LogP contribution in [0.25, 0.3) is 6.08 Å². The molecular weight excluding hydrogens is 391 g/mol. The minimum atomic E-state index is -0.696. The molecule has 0 aliphatic carbocycles. The van der Waals surface area contributed by atoms with Gasteiger partial charge in [-0.1, -0.05) is 40.9 Å². The zero-order valence-corrected chi connectivity index (χ0v) is 14.5. The van der Waals surface area contributed by atoms with E-state index in [2.05, 4.69) is 4.99 Å². The molecule has 0 saturated carbocycles. The first kappa shape index (κ1) is 17.4. The number of hydrogen-bond donors (Lipinski definition) is 0. The van der Waals surface area contributed by atoms with Crippen LogP contribution in [0.15, 0.2) is 47.1 Å². The lowest BCUT2D eigenvalue weighted by molar-refractivity contribution is -0.384. The maximum atomic E-state index is 12.0. The molecule has 0 spiro atoms. The molecular formula is C16H7Cl3N2O4. The fourth-order valence-electron chi connectivity index (χ4n) is 2.10. The average Bonchev–Trinajstić information content (AvgIpc) is 2.89. The van der Waals surface area contributed by atoms with Gasteiger partial charge in [0.25, 0.3) is 5.69 Å². The van der Waals surface area contributed by atoms with Crippen molar-refractivity contribution in [1.29, 1.82) is 0 Å². The highest BCUT2D eigenvalue weighted by atomic mass is 35.5. The highest BCUT2D eigenvalue weighted by Crippen LogP contribution is 2.29. The lowest BCUT2D eigenvalue weighted by atomic mass is 10.1. The summed E-state index contributed by atoms with van der Waals surface area (Å²) in [6.45, 7) is 0. The Morgan fingerprint density at radius 3 is 2.52 bits per heavy atom. The van der Waals surface area contributed by atoms with Gasteiger partial charge < -0.3 is 4.74 Å². The van der Waals surface area contributed by atoms with Crippen LogP contribution in [0.1, 0.15) is 11.1 Å². The highest BCUT2D eigenvalue weighted by Gasteiger charge is 2.26. The van der Waals surface area contributed by atoms with E-state index >= 15 is 0 Å². The summed E-state index contributed by atoms with van der Waals surface area (Å²) in [5.74, 6) is -0.667. The normalized spacial score (nSPS) is 15.2. The molecule has 0 aromatic heterocycles. The Kier molecular flexibility index (Phi) is 4.76. The quantitative estimate of drug-likeness (QED) is 0.319. The van der Waals surface area contributed by atoms with E-state index in [1.165, 1.54) is 30.3 Å². The average molecular weight is 398 g/mol. The second kappa shape index (κ2) is 6.84. The summed E-state index contributed by atoms with van der Waals surface area (Å²) in [5, 5.41) is 11.6. The molecule has 1 heterocycles. The Hall–Kier alpha value is -2.41. The Labute approximate surface area is 156 Å². The summed E-state index contributed by atoms with van der Waals surface area (Å²) in [4.78, 5) is 26.4. The standard InChI is InChI=1S/C16H7Cl3N2O4/c17-9-2-3-10(12(19)7-9)15-20-13(16(22)25-15)5-8-1-4-11(18)14(6-8)21(23)24/h1-7H/b13-5+. The number of hydrogen-bond acceptors (Lipinski definition) is 5. The third kappa shape index (κ3) is 3.66. The first-order valence-corrected chi connectivity index (χ1v) is 7.90. The Bertz CT molecular complexity index is 970. The smallest absolute Gasteiger partial charge is 0.363 e. The minimum absolute atomic E-state index is 0.00159. The third-order valence-corrected chi connectivity index (χ3v) is 4.12. The van der Waals surface area contributed by atoms with Crippen LogP contribution in [-0.4, -0.2) is 16.8 Å². The first-order valence-electron chi connectivity index (χ1n) is 6.77. The van der Waals surface area contributed by atoms with Gasteiger partial charge in [-0.2, -0.15) is 0 Å². The predicted molar refractivity (Wildman–Crippen MR) is 95.2 cm³/mol. The number of esters is 1. The van der Waals surface area contributed by atoms with Crippen LogP contribution < -0.4 is 0 Å². The van der Waals surface area contributed by atoms with Crippen LogP contribution >= 0.6 is 34.8 Å². The SMILES string of the molecule is O=C1OC(c2ccc(Cl)cc2Cl)=N/C1=C/c1ccc(Cl)c([N+](=O)[O-])c1. The molecule has 0 fully saturated rings. The van der Waals surface area contributed by atoms with Crippen LogP contribution in [0.4, 0.5) is 5.69 Å². The van der Waals surface area contributed by atoms with Gasteiger partial charge in [0.15, 0.2) is 5.70 Å². The number of halogens is 3.